The Morgan fingerprint density at radius 2 is 2.06 bits per heavy atom. The van der Waals surface area contributed by atoms with Gasteiger partial charge >= 0.3 is 0 Å². The Kier molecular flexibility index (Phi) is 3.34. The number of carbonyl (C=O) groups excluding carboxylic acids is 1. The summed E-state index contributed by atoms with van der Waals surface area (Å²) in [5.41, 5.74) is -0.274. The minimum absolute atomic E-state index is 0.0449. The fraction of sp³-hybridized carbons (Fsp3) is 0.364. The van der Waals surface area contributed by atoms with E-state index in [0.29, 0.717) is 0 Å². The van der Waals surface area contributed by atoms with Gasteiger partial charge in [-0.1, -0.05) is 6.07 Å². The molecular formula is C11H11F2NO3S. The van der Waals surface area contributed by atoms with Crippen LogP contribution in [0, 0.1) is 17.6 Å². The van der Waals surface area contributed by atoms with E-state index in [1.807, 2.05) is 0 Å². The van der Waals surface area contributed by atoms with Gasteiger partial charge in [-0.05, 0) is 18.6 Å². The molecule has 7 heteroatoms. The average Bonchev–Trinajstić information content (AvgIpc) is 2.65. The van der Waals surface area contributed by atoms with Gasteiger partial charge < -0.3 is 5.32 Å². The number of benzene rings is 1. The standard InChI is InChI=1S/C11H11F2NO3S/c12-8-2-1-3-9(10(8)13)14-11(15)7-4-5-18(16,17)6-7/h1-3,7H,4-6H2,(H,14,15). The summed E-state index contributed by atoms with van der Waals surface area (Å²) in [6.07, 6.45) is 0.213. The Hall–Kier alpha value is -1.50. The largest absolute Gasteiger partial charge is 0.323 e. The molecule has 1 N–H and O–H groups in total. The first-order valence-corrected chi connectivity index (χ1v) is 7.16. The second kappa shape index (κ2) is 4.64. The number of carbonyl (C=O) groups is 1. The summed E-state index contributed by atoms with van der Waals surface area (Å²) in [6, 6.07) is 3.42. The summed E-state index contributed by atoms with van der Waals surface area (Å²) in [4.78, 5) is 11.7. The molecule has 1 atom stereocenters. The Labute approximate surface area is 103 Å². The maximum Gasteiger partial charge on any atom is 0.228 e. The highest BCUT2D eigenvalue weighted by Gasteiger charge is 2.33. The third-order valence-corrected chi connectivity index (χ3v) is 4.58. The molecule has 18 heavy (non-hydrogen) atoms. The van der Waals surface area contributed by atoms with Crippen molar-refractivity contribution in [3.05, 3.63) is 29.8 Å². The molecule has 0 bridgehead atoms. The number of rotatable bonds is 2. The molecule has 1 saturated heterocycles. The smallest absolute Gasteiger partial charge is 0.228 e. The van der Waals surface area contributed by atoms with Crippen molar-refractivity contribution in [3.63, 3.8) is 0 Å². The van der Waals surface area contributed by atoms with Crippen LogP contribution in [0.25, 0.3) is 0 Å². The molecule has 1 aliphatic rings. The minimum atomic E-state index is -3.18. The average molecular weight is 275 g/mol. The van der Waals surface area contributed by atoms with E-state index in [1.165, 1.54) is 12.1 Å². The number of hydrogen-bond donors (Lipinski definition) is 1. The highest BCUT2D eigenvalue weighted by atomic mass is 32.2. The maximum absolute atomic E-state index is 13.3. The monoisotopic (exact) mass is 275 g/mol. The molecule has 0 spiro atoms. The van der Waals surface area contributed by atoms with Crippen molar-refractivity contribution in [1.29, 1.82) is 0 Å². The van der Waals surface area contributed by atoms with Crippen LogP contribution in [0.5, 0.6) is 0 Å². The quantitative estimate of drug-likeness (QED) is 0.886. The predicted octanol–water partition coefficient (Wildman–Crippen LogP) is 1.34. The van der Waals surface area contributed by atoms with Gasteiger partial charge in [-0.25, -0.2) is 17.2 Å². The summed E-state index contributed by atoms with van der Waals surface area (Å²) >= 11 is 0. The Morgan fingerprint density at radius 1 is 1.33 bits per heavy atom. The number of nitrogens with one attached hydrogen (secondary N) is 1. The first kappa shape index (κ1) is 12.9. The Morgan fingerprint density at radius 3 is 2.67 bits per heavy atom. The van der Waals surface area contributed by atoms with Crippen molar-refractivity contribution in [1.82, 2.24) is 0 Å². The molecule has 1 heterocycles. The van der Waals surface area contributed by atoms with Crippen molar-refractivity contribution in [2.75, 3.05) is 16.8 Å². The summed E-state index contributed by atoms with van der Waals surface area (Å²) < 4.78 is 48.6. The van der Waals surface area contributed by atoms with Gasteiger partial charge in [0.2, 0.25) is 5.91 Å². The van der Waals surface area contributed by atoms with Crippen molar-refractivity contribution in [3.8, 4) is 0 Å². The normalized spacial score (nSPS) is 21.8. The van der Waals surface area contributed by atoms with Crippen LogP contribution in [-0.4, -0.2) is 25.8 Å². The number of halogens is 2. The lowest BCUT2D eigenvalue weighted by Crippen LogP contribution is -2.24. The maximum atomic E-state index is 13.3. The summed E-state index contributed by atoms with van der Waals surface area (Å²) in [5, 5.41) is 2.21. The molecule has 1 unspecified atom stereocenters. The van der Waals surface area contributed by atoms with Gasteiger partial charge in [0, 0.05) is 0 Å². The fourth-order valence-electron chi connectivity index (χ4n) is 1.84. The van der Waals surface area contributed by atoms with Gasteiger partial charge in [-0.2, -0.15) is 0 Å². The van der Waals surface area contributed by atoms with Gasteiger partial charge in [0.05, 0.1) is 23.1 Å². The number of amides is 1. The SMILES string of the molecule is O=C(Nc1cccc(F)c1F)C1CCS(=O)(=O)C1. The zero-order valence-corrected chi connectivity index (χ0v) is 10.1. The summed E-state index contributed by atoms with van der Waals surface area (Å²) in [7, 11) is -3.18. The van der Waals surface area contributed by atoms with E-state index in [4.69, 9.17) is 0 Å². The second-order valence-electron chi connectivity index (χ2n) is 4.19. The molecule has 2 rings (SSSR count). The predicted molar refractivity (Wildman–Crippen MR) is 61.7 cm³/mol. The summed E-state index contributed by atoms with van der Waals surface area (Å²) in [5.74, 6) is -3.79. The van der Waals surface area contributed by atoms with Gasteiger partial charge in [0.1, 0.15) is 0 Å². The topological polar surface area (TPSA) is 63.2 Å². The van der Waals surface area contributed by atoms with Crippen LogP contribution < -0.4 is 5.32 Å². The molecule has 98 valence electrons. The Bertz CT molecular complexity index is 586. The van der Waals surface area contributed by atoms with Crippen molar-refractivity contribution >= 4 is 21.4 Å². The van der Waals surface area contributed by atoms with Crippen LogP contribution in [0.2, 0.25) is 0 Å². The number of sulfone groups is 1. The van der Waals surface area contributed by atoms with E-state index < -0.39 is 33.3 Å². The highest BCUT2D eigenvalue weighted by Crippen LogP contribution is 2.22. The minimum Gasteiger partial charge on any atom is -0.323 e. The Balaban J connectivity index is 2.11. The summed E-state index contributed by atoms with van der Waals surface area (Å²) in [6.45, 7) is 0. The van der Waals surface area contributed by atoms with Crippen LogP contribution in [0.3, 0.4) is 0 Å². The highest BCUT2D eigenvalue weighted by molar-refractivity contribution is 7.91. The van der Waals surface area contributed by atoms with E-state index in [1.54, 1.807) is 0 Å². The van der Waals surface area contributed by atoms with E-state index in [2.05, 4.69) is 5.32 Å². The third-order valence-electron chi connectivity index (χ3n) is 2.81. The molecule has 1 amide bonds. The molecule has 0 radical (unpaired) electrons. The van der Waals surface area contributed by atoms with Gasteiger partial charge in [-0.15, -0.1) is 0 Å². The van der Waals surface area contributed by atoms with Crippen molar-refractivity contribution in [2.24, 2.45) is 5.92 Å². The molecule has 1 aromatic rings. The molecule has 0 saturated carbocycles. The molecule has 1 fully saturated rings. The first-order chi connectivity index (χ1) is 8.39. The molecule has 0 aromatic heterocycles. The molecule has 1 aromatic carbocycles. The molecular weight excluding hydrogens is 264 g/mol. The van der Waals surface area contributed by atoms with E-state index in [-0.39, 0.29) is 23.6 Å². The second-order valence-corrected chi connectivity index (χ2v) is 6.42. The van der Waals surface area contributed by atoms with Crippen LogP contribution in [-0.2, 0) is 14.6 Å². The first-order valence-electron chi connectivity index (χ1n) is 5.34. The zero-order valence-electron chi connectivity index (χ0n) is 9.32. The number of hydrogen-bond acceptors (Lipinski definition) is 3. The van der Waals surface area contributed by atoms with Crippen LogP contribution in [0.4, 0.5) is 14.5 Å². The van der Waals surface area contributed by atoms with Gasteiger partial charge in [0.15, 0.2) is 21.5 Å². The van der Waals surface area contributed by atoms with Gasteiger partial charge in [0.25, 0.3) is 0 Å². The molecule has 1 aliphatic heterocycles. The van der Waals surface area contributed by atoms with E-state index in [9.17, 15) is 22.0 Å². The van der Waals surface area contributed by atoms with E-state index in [0.717, 1.165) is 6.07 Å². The van der Waals surface area contributed by atoms with Crippen LogP contribution in [0.1, 0.15) is 6.42 Å². The lowest BCUT2D eigenvalue weighted by Gasteiger charge is -2.10. The van der Waals surface area contributed by atoms with Gasteiger partial charge in [-0.3, -0.25) is 4.79 Å². The van der Waals surface area contributed by atoms with Crippen LogP contribution in [0.15, 0.2) is 18.2 Å². The number of anilines is 1. The molecule has 4 nitrogen and oxygen atoms in total. The fourth-order valence-corrected chi connectivity index (χ4v) is 3.58. The zero-order chi connectivity index (χ0) is 13.3. The van der Waals surface area contributed by atoms with Crippen LogP contribution >= 0.6 is 0 Å². The lowest BCUT2D eigenvalue weighted by molar-refractivity contribution is -0.119. The lowest BCUT2D eigenvalue weighted by atomic mass is 10.1. The molecule has 0 aliphatic carbocycles. The van der Waals surface area contributed by atoms with E-state index >= 15 is 0 Å². The third kappa shape index (κ3) is 2.66. The van der Waals surface area contributed by atoms with Crippen molar-refractivity contribution in [2.45, 2.75) is 6.42 Å². The van der Waals surface area contributed by atoms with Crippen molar-refractivity contribution < 1.29 is 22.0 Å².